The fourth-order valence-electron chi connectivity index (χ4n) is 2.13. The first kappa shape index (κ1) is 12.9. The maximum Gasteiger partial charge on any atom is 0.0593 e. The van der Waals surface area contributed by atoms with Crippen molar-refractivity contribution in [3.05, 3.63) is 0 Å². The Hall–Kier alpha value is -0.120. The lowest BCUT2D eigenvalue weighted by molar-refractivity contribution is 0.0989. The second-order valence-corrected chi connectivity index (χ2v) is 4.63. The van der Waals surface area contributed by atoms with Crippen molar-refractivity contribution in [2.24, 2.45) is 0 Å². The van der Waals surface area contributed by atoms with Crippen LogP contribution < -0.4 is 5.32 Å². The van der Waals surface area contributed by atoms with E-state index in [4.69, 9.17) is 4.74 Å². The molecule has 0 unspecified atom stereocenters. The maximum absolute atomic E-state index is 5.37. The van der Waals surface area contributed by atoms with Gasteiger partial charge in [-0.25, -0.2) is 0 Å². The van der Waals surface area contributed by atoms with Crippen molar-refractivity contribution < 1.29 is 4.74 Å². The zero-order chi connectivity index (χ0) is 11.1. The van der Waals surface area contributed by atoms with Crippen LogP contribution in [0.4, 0.5) is 0 Å². The smallest absolute Gasteiger partial charge is 0.0593 e. The Bertz CT molecular complexity index is 154. The summed E-state index contributed by atoms with van der Waals surface area (Å²) in [5, 5.41) is 3.61. The number of hydrogen-bond acceptors (Lipinski definition) is 3. The normalized spacial score (nSPS) is 20.0. The summed E-state index contributed by atoms with van der Waals surface area (Å²) in [6, 6.07) is 1.35. The van der Waals surface area contributed by atoms with E-state index in [1.54, 1.807) is 0 Å². The summed E-state index contributed by atoms with van der Waals surface area (Å²) >= 11 is 0. The number of nitrogens with one attached hydrogen (secondary N) is 1. The predicted molar refractivity (Wildman–Crippen MR) is 64.2 cm³/mol. The summed E-state index contributed by atoms with van der Waals surface area (Å²) in [6.07, 6.45) is 2.56. The van der Waals surface area contributed by atoms with Gasteiger partial charge in [-0.15, -0.1) is 0 Å². The average Bonchev–Trinajstić information content (AvgIpc) is 2.20. The van der Waals surface area contributed by atoms with Crippen LogP contribution in [0, 0.1) is 0 Å². The van der Waals surface area contributed by atoms with Crippen molar-refractivity contribution in [1.82, 2.24) is 10.2 Å². The summed E-state index contributed by atoms with van der Waals surface area (Å²) in [6.45, 7) is 11.8. The first-order chi connectivity index (χ1) is 7.22. The third-order valence-corrected chi connectivity index (χ3v) is 2.91. The van der Waals surface area contributed by atoms with Crippen LogP contribution >= 0.6 is 0 Å². The highest BCUT2D eigenvalue weighted by Crippen LogP contribution is 2.10. The van der Waals surface area contributed by atoms with Crippen molar-refractivity contribution >= 4 is 0 Å². The van der Waals surface area contributed by atoms with E-state index in [0.717, 1.165) is 25.8 Å². The summed E-state index contributed by atoms with van der Waals surface area (Å²) in [7, 11) is 0. The molecule has 3 nitrogen and oxygen atoms in total. The lowest BCUT2D eigenvalue weighted by atomic mass is 10.0. The molecular formula is C12H26N2O. The fraction of sp³-hybridized carbons (Fsp3) is 1.00. The van der Waals surface area contributed by atoms with Gasteiger partial charge >= 0.3 is 0 Å². The number of hydrogen-bond donors (Lipinski definition) is 1. The molecule has 1 fully saturated rings. The van der Waals surface area contributed by atoms with E-state index in [-0.39, 0.29) is 0 Å². The Labute approximate surface area is 94.2 Å². The van der Waals surface area contributed by atoms with E-state index >= 15 is 0 Å². The van der Waals surface area contributed by atoms with E-state index < -0.39 is 0 Å². The van der Waals surface area contributed by atoms with Crippen molar-refractivity contribution in [1.29, 1.82) is 0 Å². The highest BCUT2D eigenvalue weighted by molar-refractivity contribution is 4.78. The molecule has 0 saturated carbocycles. The Morgan fingerprint density at radius 3 is 2.53 bits per heavy atom. The van der Waals surface area contributed by atoms with Gasteiger partial charge in [0.1, 0.15) is 0 Å². The van der Waals surface area contributed by atoms with Gasteiger partial charge in [-0.2, -0.15) is 0 Å². The molecule has 1 rings (SSSR count). The van der Waals surface area contributed by atoms with Gasteiger partial charge < -0.3 is 15.0 Å². The summed E-state index contributed by atoms with van der Waals surface area (Å²) in [5.41, 5.74) is 0. The number of ether oxygens (including phenoxy) is 1. The van der Waals surface area contributed by atoms with Crippen LogP contribution in [0.25, 0.3) is 0 Å². The molecule has 0 aromatic heterocycles. The minimum absolute atomic E-state index is 0.616. The van der Waals surface area contributed by atoms with E-state index in [1.807, 2.05) is 0 Å². The molecule has 0 aromatic carbocycles. The monoisotopic (exact) mass is 214 g/mol. The lowest BCUT2D eigenvalue weighted by Gasteiger charge is -2.33. The van der Waals surface area contributed by atoms with Crippen molar-refractivity contribution in [3.63, 3.8) is 0 Å². The van der Waals surface area contributed by atoms with Crippen LogP contribution in [0.3, 0.4) is 0 Å². The second-order valence-electron chi connectivity index (χ2n) is 4.63. The molecule has 0 atom stereocenters. The minimum Gasteiger partial charge on any atom is -0.380 e. The molecule has 0 spiro atoms. The van der Waals surface area contributed by atoms with E-state index in [0.29, 0.717) is 6.04 Å². The molecule has 1 aliphatic heterocycles. The van der Waals surface area contributed by atoms with E-state index in [9.17, 15) is 0 Å². The van der Waals surface area contributed by atoms with Gasteiger partial charge in [0.15, 0.2) is 0 Å². The molecule has 0 aromatic rings. The molecule has 1 N–H and O–H groups in total. The number of piperidine rings is 1. The van der Waals surface area contributed by atoms with Gasteiger partial charge in [-0.1, -0.05) is 13.8 Å². The van der Waals surface area contributed by atoms with Gasteiger partial charge in [-0.3, -0.25) is 0 Å². The Balaban J connectivity index is 2.07. The van der Waals surface area contributed by atoms with Crippen LogP contribution in [0.5, 0.6) is 0 Å². The fourth-order valence-corrected chi connectivity index (χ4v) is 2.13. The Morgan fingerprint density at radius 2 is 2.00 bits per heavy atom. The Kier molecular flexibility index (Phi) is 6.22. The SMILES string of the molecule is CCOCCN1CCC(NC(C)C)CC1. The molecule has 90 valence electrons. The standard InChI is InChI=1S/C12H26N2O/c1-4-15-10-9-14-7-5-12(6-8-14)13-11(2)3/h11-13H,4-10H2,1-3H3. The summed E-state index contributed by atoms with van der Waals surface area (Å²) in [4.78, 5) is 2.51. The quantitative estimate of drug-likeness (QED) is 0.678. The van der Waals surface area contributed by atoms with Gasteiger partial charge in [0.2, 0.25) is 0 Å². The zero-order valence-corrected chi connectivity index (χ0v) is 10.5. The highest BCUT2D eigenvalue weighted by Gasteiger charge is 2.18. The van der Waals surface area contributed by atoms with Crippen molar-refractivity contribution in [2.45, 2.75) is 45.7 Å². The second kappa shape index (κ2) is 7.20. The third kappa shape index (κ3) is 5.50. The molecule has 0 aliphatic carbocycles. The zero-order valence-electron chi connectivity index (χ0n) is 10.5. The van der Waals surface area contributed by atoms with Crippen LogP contribution in [0.1, 0.15) is 33.6 Å². The van der Waals surface area contributed by atoms with Crippen molar-refractivity contribution in [2.75, 3.05) is 32.8 Å². The molecule has 0 bridgehead atoms. The number of likely N-dealkylation sites (tertiary alicyclic amines) is 1. The van der Waals surface area contributed by atoms with Crippen LogP contribution in [0.15, 0.2) is 0 Å². The minimum atomic E-state index is 0.616. The predicted octanol–water partition coefficient (Wildman–Crippen LogP) is 1.49. The third-order valence-electron chi connectivity index (χ3n) is 2.91. The van der Waals surface area contributed by atoms with Gasteiger partial charge in [-0.05, 0) is 32.9 Å². The lowest BCUT2D eigenvalue weighted by Crippen LogP contribution is -2.45. The largest absolute Gasteiger partial charge is 0.380 e. The molecule has 0 amide bonds. The average molecular weight is 214 g/mol. The van der Waals surface area contributed by atoms with Crippen LogP contribution in [-0.2, 0) is 4.74 Å². The molecule has 1 saturated heterocycles. The van der Waals surface area contributed by atoms with Gasteiger partial charge in [0.25, 0.3) is 0 Å². The number of nitrogens with zero attached hydrogens (tertiary/aromatic N) is 1. The highest BCUT2D eigenvalue weighted by atomic mass is 16.5. The molecular weight excluding hydrogens is 188 g/mol. The van der Waals surface area contributed by atoms with Gasteiger partial charge in [0.05, 0.1) is 6.61 Å². The topological polar surface area (TPSA) is 24.5 Å². The van der Waals surface area contributed by atoms with Gasteiger partial charge in [0, 0.05) is 25.2 Å². The first-order valence-electron chi connectivity index (χ1n) is 6.28. The first-order valence-corrected chi connectivity index (χ1v) is 6.28. The molecule has 1 heterocycles. The molecule has 0 radical (unpaired) electrons. The van der Waals surface area contributed by atoms with E-state index in [1.165, 1.54) is 25.9 Å². The maximum atomic E-state index is 5.37. The molecule has 1 aliphatic rings. The van der Waals surface area contributed by atoms with Crippen LogP contribution in [0.2, 0.25) is 0 Å². The van der Waals surface area contributed by atoms with Crippen LogP contribution in [-0.4, -0.2) is 49.8 Å². The summed E-state index contributed by atoms with van der Waals surface area (Å²) < 4.78 is 5.37. The molecule has 15 heavy (non-hydrogen) atoms. The summed E-state index contributed by atoms with van der Waals surface area (Å²) in [5.74, 6) is 0. The molecule has 3 heteroatoms. The Morgan fingerprint density at radius 1 is 1.33 bits per heavy atom. The number of rotatable bonds is 6. The van der Waals surface area contributed by atoms with Crippen molar-refractivity contribution in [3.8, 4) is 0 Å². The van der Waals surface area contributed by atoms with E-state index in [2.05, 4.69) is 31.0 Å².